The van der Waals surface area contributed by atoms with Crippen LogP contribution in [0.15, 0.2) is 53.1 Å². The van der Waals surface area contributed by atoms with Gasteiger partial charge in [0.15, 0.2) is 17.3 Å². The third kappa shape index (κ3) is 3.92. The fraction of sp³-hybridized carbons (Fsp3) is 0.385. The molecular formula is C26H29N3O4. The molecule has 0 N–H and O–H groups in total. The molecule has 2 aliphatic rings. The van der Waals surface area contributed by atoms with Gasteiger partial charge in [0.2, 0.25) is 5.91 Å². The standard InChI is InChI=1S/C26H29N3O4/c1-18-5-4-6-20(15-18)28-11-13-29(14-12-28)25(30)26(9-10-26)24-17-22(33-27-24)19-7-8-21(31-2)23(16-19)32-3/h4-8,15-17H,9-14H2,1-3H3. The Morgan fingerprint density at radius 1 is 0.970 bits per heavy atom. The number of anilines is 1. The van der Waals surface area contributed by atoms with Gasteiger partial charge in [-0.1, -0.05) is 17.3 Å². The quantitative estimate of drug-likeness (QED) is 0.568. The number of methoxy groups -OCH3 is 2. The maximum absolute atomic E-state index is 13.5. The van der Waals surface area contributed by atoms with Gasteiger partial charge in [-0.3, -0.25) is 4.79 Å². The second-order valence-electron chi connectivity index (χ2n) is 8.85. The van der Waals surface area contributed by atoms with Gasteiger partial charge in [-0.05, 0) is 55.7 Å². The van der Waals surface area contributed by atoms with Gasteiger partial charge in [-0.2, -0.15) is 0 Å². The molecule has 0 spiro atoms. The lowest BCUT2D eigenvalue weighted by Crippen LogP contribution is -2.51. The average molecular weight is 448 g/mol. The van der Waals surface area contributed by atoms with Crippen molar-refractivity contribution in [3.8, 4) is 22.8 Å². The van der Waals surface area contributed by atoms with E-state index in [1.54, 1.807) is 14.2 Å². The second kappa shape index (κ2) is 8.46. The highest BCUT2D eigenvalue weighted by molar-refractivity contribution is 5.91. The van der Waals surface area contributed by atoms with E-state index in [0.29, 0.717) is 17.3 Å². The van der Waals surface area contributed by atoms with E-state index < -0.39 is 5.41 Å². The smallest absolute Gasteiger partial charge is 0.235 e. The Morgan fingerprint density at radius 2 is 1.73 bits per heavy atom. The van der Waals surface area contributed by atoms with Crippen LogP contribution in [0.25, 0.3) is 11.3 Å². The number of benzene rings is 2. The van der Waals surface area contributed by atoms with Gasteiger partial charge >= 0.3 is 0 Å². The lowest BCUT2D eigenvalue weighted by atomic mass is 9.99. The fourth-order valence-corrected chi connectivity index (χ4v) is 4.63. The molecule has 2 fully saturated rings. The lowest BCUT2D eigenvalue weighted by molar-refractivity contribution is -0.134. The van der Waals surface area contributed by atoms with Crippen molar-refractivity contribution in [1.82, 2.24) is 10.1 Å². The number of ether oxygens (including phenoxy) is 2. The predicted octanol–water partition coefficient (Wildman–Crippen LogP) is 4.05. The highest BCUT2D eigenvalue weighted by Gasteiger charge is 2.55. The van der Waals surface area contributed by atoms with E-state index in [2.05, 4.69) is 41.2 Å². The average Bonchev–Trinajstić information content (AvgIpc) is 3.52. The number of hydrogen-bond donors (Lipinski definition) is 0. The van der Waals surface area contributed by atoms with Crippen LogP contribution < -0.4 is 14.4 Å². The molecule has 33 heavy (non-hydrogen) atoms. The van der Waals surface area contributed by atoms with Crippen LogP contribution in [-0.2, 0) is 10.2 Å². The normalized spacial score (nSPS) is 17.1. The second-order valence-corrected chi connectivity index (χ2v) is 8.85. The predicted molar refractivity (Wildman–Crippen MR) is 126 cm³/mol. The summed E-state index contributed by atoms with van der Waals surface area (Å²) in [5, 5.41) is 4.31. The first-order chi connectivity index (χ1) is 16.0. The summed E-state index contributed by atoms with van der Waals surface area (Å²) in [6.45, 7) is 5.21. The Bertz CT molecular complexity index is 1160. The molecule has 1 saturated heterocycles. The van der Waals surface area contributed by atoms with Gasteiger partial charge in [-0.25, -0.2) is 0 Å². The van der Waals surface area contributed by atoms with Crippen molar-refractivity contribution >= 4 is 11.6 Å². The van der Waals surface area contributed by atoms with Gasteiger partial charge in [0.05, 0.1) is 25.3 Å². The molecule has 1 amide bonds. The largest absolute Gasteiger partial charge is 0.493 e. The Labute approximate surface area is 193 Å². The van der Waals surface area contributed by atoms with E-state index in [1.807, 2.05) is 29.2 Å². The van der Waals surface area contributed by atoms with Crippen LogP contribution >= 0.6 is 0 Å². The van der Waals surface area contributed by atoms with Gasteiger partial charge < -0.3 is 23.8 Å². The van der Waals surface area contributed by atoms with E-state index in [4.69, 9.17) is 14.0 Å². The Kier molecular flexibility index (Phi) is 5.48. The van der Waals surface area contributed by atoms with Crippen molar-refractivity contribution < 1.29 is 18.8 Å². The molecule has 0 bridgehead atoms. The lowest BCUT2D eigenvalue weighted by Gasteiger charge is -2.37. The third-order valence-corrected chi connectivity index (χ3v) is 6.76. The van der Waals surface area contributed by atoms with Crippen molar-refractivity contribution in [3.05, 3.63) is 59.8 Å². The molecule has 5 rings (SSSR count). The first-order valence-corrected chi connectivity index (χ1v) is 11.3. The summed E-state index contributed by atoms with van der Waals surface area (Å²) in [5.41, 5.74) is 3.47. The zero-order valence-electron chi connectivity index (χ0n) is 19.3. The molecule has 0 atom stereocenters. The molecule has 0 unspecified atom stereocenters. The van der Waals surface area contributed by atoms with Crippen LogP contribution in [-0.4, -0.2) is 56.4 Å². The summed E-state index contributed by atoms with van der Waals surface area (Å²) in [6.07, 6.45) is 1.61. The van der Waals surface area contributed by atoms with Crippen LogP contribution in [0.3, 0.4) is 0 Å². The van der Waals surface area contributed by atoms with Gasteiger partial charge in [-0.15, -0.1) is 0 Å². The van der Waals surface area contributed by atoms with Gasteiger partial charge in [0, 0.05) is 43.5 Å². The third-order valence-electron chi connectivity index (χ3n) is 6.76. The molecule has 1 aromatic heterocycles. The molecule has 172 valence electrons. The van der Waals surface area contributed by atoms with Crippen molar-refractivity contribution in [1.29, 1.82) is 0 Å². The number of nitrogens with zero attached hydrogens (tertiary/aromatic N) is 3. The highest BCUT2D eigenvalue weighted by Crippen LogP contribution is 2.50. The van der Waals surface area contributed by atoms with E-state index in [-0.39, 0.29) is 5.91 Å². The minimum Gasteiger partial charge on any atom is -0.493 e. The van der Waals surface area contributed by atoms with Crippen LogP contribution in [0.5, 0.6) is 11.5 Å². The van der Waals surface area contributed by atoms with E-state index in [1.165, 1.54) is 11.3 Å². The molecule has 1 saturated carbocycles. The number of piperazine rings is 1. The number of amides is 1. The van der Waals surface area contributed by atoms with Gasteiger partial charge in [0.1, 0.15) is 0 Å². The summed E-state index contributed by atoms with van der Waals surface area (Å²) in [7, 11) is 3.21. The zero-order chi connectivity index (χ0) is 23.0. The fourth-order valence-electron chi connectivity index (χ4n) is 4.63. The zero-order valence-corrected chi connectivity index (χ0v) is 19.3. The molecule has 7 heteroatoms. The molecule has 3 aromatic rings. The van der Waals surface area contributed by atoms with Crippen molar-refractivity contribution in [2.24, 2.45) is 0 Å². The molecular weight excluding hydrogens is 418 g/mol. The van der Waals surface area contributed by atoms with Crippen LogP contribution in [0.4, 0.5) is 5.69 Å². The van der Waals surface area contributed by atoms with E-state index in [0.717, 1.165) is 50.3 Å². The number of hydrogen-bond acceptors (Lipinski definition) is 6. The molecule has 2 heterocycles. The first kappa shape index (κ1) is 21.4. The Morgan fingerprint density at radius 3 is 2.39 bits per heavy atom. The molecule has 1 aliphatic heterocycles. The number of aryl methyl sites for hydroxylation is 1. The van der Waals surface area contributed by atoms with E-state index in [9.17, 15) is 4.79 Å². The summed E-state index contributed by atoms with van der Waals surface area (Å²) in [4.78, 5) is 17.8. The van der Waals surface area contributed by atoms with Gasteiger partial charge in [0.25, 0.3) is 0 Å². The highest BCUT2D eigenvalue weighted by atomic mass is 16.5. The van der Waals surface area contributed by atoms with Crippen LogP contribution in [0.1, 0.15) is 24.1 Å². The SMILES string of the molecule is COc1ccc(-c2cc(C3(C(=O)N4CCN(c5cccc(C)c5)CC4)CC3)no2)cc1OC. The van der Waals surface area contributed by atoms with Crippen molar-refractivity contribution in [2.75, 3.05) is 45.3 Å². The number of carbonyl (C=O) groups excluding carboxylic acids is 1. The molecule has 0 radical (unpaired) electrons. The summed E-state index contributed by atoms with van der Waals surface area (Å²) in [5.74, 6) is 2.06. The van der Waals surface area contributed by atoms with E-state index >= 15 is 0 Å². The summed E-state index contributed by atoms with van der Waals surface area (Å²) < 4.78 is 16.4. The molecule has 2 aromatic carbocycles. The molecule has 1 aliphatic carbocycles. The summed E-state index contributed by atoms with van der Waals surface area (Å²) >= 11 is 0. The number of rotatable bonds is 6. The monoisotopic (exact) mass is 447 g/mol. The molecule has 7 nitrogen and oxygen atoms in total. The van der Waals surface area contributed by atoms with Crippen molar-refractivity contribution in [3.63, 3.8) is 0 Å². The first-order valence-electron chi connectivity index (χ1n) is 11.3. The van der Waals surface area contributed by atoms with Crippen LogP contribution in [0, 0.1) is 6.92 Å². The van der Waals surface area contributed by atoms with Crippen LogP contribution in [0.2, 0.25) is 0 Å². The Balaban J connectivity index is 1.29. The minimum absolute atomic E-state index is 0.165. The maximum Gasteiger partial charge on any atom is 0.235 e. The number of carbonyl (C=O) groups is 1. The summed E-state index contributed by atoms with van der Waals surface area (Å²) in [6, 6.07) is 16.0. The minimum atomic E-state index is -0.552. The maximum atomic E-state index is 13.5. The Hall–Kier alpha value is -3.48. The van der Waals surface area contributed by atoms with Crippen molar-refractivity contribution in [2.45, 2.75) is 25.2 Å². The number of aromatic nitrogens is 1. The topological polar surface area (TPSA) is 68.0 Å².